The van der Waals surface area contributed by atoms with Crippen LogP contribution in [0, 0.1) is 5.92 Å². The molecule has 3 rings (SSSR count). The topological polar surface area (TPSA) is 50.9 Å². The monoisotopic (exact) mass is 307 g/mol. The fourth-order valence-electron chi connectivity index (χ4n) is 2.38. The molecule has 2 aromatic rings. The van der Waals surface area contributed by atoms with E-state index in [4.69, 9.17) is 0 Å². The van der Waals surface area contributed by atoms with Crippen LogP contribution < -0.4 is 0 Å². The van der Waals surface area contributed by atoms with Gasteiger partial charge in [0.2, 0.25) is 0 Å². The predicted molar refractivity (Wildman–Crippen MR) is 72.1 cm³/mol. The number of aryl methyl sites for hydroxylation is 1. The number of benzene rings is 1. The average molecular weight is 308 g/mol. The second-order valence-electron chi connectivity index (χ2n) is 4.65. The van der Waals surface area contributed by atoms with Crippen LogP contribution in [0.1, 0.15) is 12.2 Å². The number of aliphatic hydroxyl groups excluding tert-OH is 1. The van der Waals surface area contributed by atoms with Gasteiger partial charge in [-0.2, -0.15) is 0 Å². The van der Waals surface area contributed by atoms with E-state index < -0.39 is 0 Å². The summed E-state index contributed by atoms with van der Waals surface area (Å²) in [4.78, 5) is 0. The molecule has 2 heterocycles. The van der Waals surface area contributed by atoms with Crippen LogP contribution in [0.3, 0.4) is 0 Å². The fraction of sp³-hybridized carbons (Fsp3) is 0.385. The van der Waals surface area contributed by atoms with Crippen LogP contribution in [0.15, 0.2) is 28.7 Å². The molecule has 1 aromatic carbocycles. The van der Waals surface area contributed by atoms with E-state index in [9.17, 15) is 5.11 Å². The Hall–Kier alpha value is -1.20. The maximum absolute atomic E-state index is 9.30. The summed E-state index contributed by atoms with van der Waals surface area (Å²) in [5.41, 5.74) is 1.06. The van der Waals surface area contributed by atoms with Crippen molar-refractivity contribution in [3.8, 4) is 11.4 Å². The zero-order valence-corrected chi connectivity index (χ0v) is 11.5. The summed E-state index contributed by atoms with van der Waals surface area (Å²) in [5, 5.41) is 17.8. The molecule has 0 amide bonds. The van der Waals surface area contributed by atoms with Crippen LogP contribution in [-0.4, -0.2) is 26.5 Å². The van der Waals surface area contributed by atoms with Crippen molar-refractivity contribution in [2.75, 3.05) is 6.61 Å². The molecule has 0 saturated heterocycles. The maximum Gasteiger partial charge on any atom is 0.164 e. The molecule has 1 aliphatic rings. The van der Waals surface area contributed by atoms with E-state index in [0.29, 0.717) is 5.92 Å². The van der Waals surface area contributed by atoms with Crippen molar-refractivity contribution in [1.29, 1.82) is 0 Å². The first-order chi connectivity index (χ1) is 8.78. The normalized spacial score (nSPS) is 18.7. The highest BCUT2D eigenvalue weighted by Gasteiger charge is 2.22. The van der Waals surface area contributed by atoms with Crippen LogP contribution in [0.25, 0.3) is 11.4 Å². The summed E-state index contributed by atoms with van der Waals surface area (Å²) in [6.45, 7) is 1.04. The molecule has 0 radical (unpaired) electrons. The number of fused-ring (bicyclic) bond motifs is 1. The second kappa shape index (κ2) is 4.82. The lowest BCUT2D eigenvalue weighted by molar-refractivity contribution is 0.191. The smallest absolute Gasteiger partial charge is 0.164 e. The maximum atomic E-state index is 9.30. The summed E-state index contributed by atoms with van der Waals surface area (Å²) in [5.74, 6) is 2.23. The lowest BCUT2D eigenvalue weighted by Crippen LogP contribution is -2.23. The van der Waals surface area contributed by atoms with Crippen molar-refractivity contribution in [3.63, 3.8) is 0 Å². The Morgan fingerprint density at radius 3 is 3.06 bits per heavy atom. The number of nitrogens with zero attached hydrogens (tertiary/aromatic N) is 3. The average Bonchev–Trinajstić information content (AvgIpc) is 2.81. The van der Waals surface area contributed by atoms with E-state index in [2.05, 4.69) is 30.7 Å². The molecule has 1 atom stereocenters. The molecule has 1 unspecified atom stereocenters. The van der Waals surface area contributed by atoms with Crippen LogP contribution in [-0.2, 0) is 13.0 Å². The van der Waals surface area contributed by atoms with Crippen LogP contribution in [0.5, 0.6) is 0 Å². The minimum Gasteiger partial charge on any atom is -0.396 e. The van der Waals surface area contributed by atoms with Gasteiger partial charge in [0.05, 0.1) is 0 Å². The van der Waals surface area contributed by atoms with Gasteiger partial charge in [-0.1, -0.05) is 28.1 Å². The van der Waals surface area contributed by atoms with Crippen molar-refractivity contribution >= 4 is 15.9 Å². The molecule has 1 aromatic heterocycles. The Labute approximate surface area is 114 Å². The molecule has 1 aliphatic heterocycles. The number of hydrogen-bond donors (Lipinski definition) is 1. The van der Waals surface area contributed by atoms with Gasteiger partial charge in [-0.25, -0.2) is 0 Å². The van der Waals surface area contributed by atoms with Gasteiger partial charge in [-0.15, -0.1) is 10.2 Å². The van der Waals surface area contributed by atoms with E-state index >= 15 is 0 Å². The van der Waals surface area contributed by atoms with Crippen molar-refractivity contribution in [2.24, 2.45) is 5.92 Å². The van der Waals surface area contributed by atoms with Gasteiger partial charge >= 0.3 is 0 Å². The summed E-state index contributed by atoms with van der Waals surface area (Å²) < 4.78 is 3.17. The van der Waals surface area contributed by atoms with E-state index in [1.54, 1.807) is 0 Å². The van der Waals surface area contributed by atoms with Gasteiger partial charge in [0, 0.05) is 35.5 Å². The molecule has 94 valence electrons. The minimum atomic E-state index is 0.232. The zero-order chi connectivity index (χ0) is 12.5. The van der Waals surface area contributed by atoms with Crippen molar-refractivity contribution < 1.29 is 5.11 Å². The van der Waals surface area contributed by atoms with Gasteiger partial charge in [0.1, 0.15) is 5.82 Å². The Bertz CT molecular complexity index is 567. The Balaban J connectivity index is 2.02. The number of aliphatic hydroxyl groups is 1. The van der Waals surface area contributed by atoms with E-state index in [0.717, 1.165) is 41.1 Å². The number of hydrogen-bond acceptors (Lipinski definition) is 3. The molecule has 0 aliphatic carbocycles. The first-order valence-electron chi connectivity index (χ1n) is 6.07. The quantitative estimate of drug-likeness (QED) is 0.926. The van der Waals surface area contributed by atoms with E-state index in [-0.39, 0.29) is 6.61 Å². The predicted octanol–water partition coefficient (Wildman–Crippen LogP) is 2.26. The van der Waals surface area contributed by atoms with Gasteiger partial charge in [-0.3, -0.25) is 0 Å². The SMILES string of the molecule is OCC1CCc2nnc(-c3cccc(Br)c3)n2C1. The fourth-order valence-corrected chi connectivity index (χ4v) is 2.78. The van der Waals surface area contributed by atoms with Crippen LogP contribution in [0.4, 0.5) is 0 Å². The first kappa shape index (κ1) is 11.9. The largest absolute Gasteiger partial charge is 0.396 e. The highest BCUT2D eigenvalue weighted by Crippen LogP contribution is 2.26. The Morgan fingerprint density at radius 2 is 2.28 bits per heavy atom. The third-order valence-electron chi connectivity index (χ3n) is 3.39. The Kier molecular flexibility index (Phi) is 3.18. The number of halogens is 1. The molecular weight excluding hydrogens is 294 g/mol. The number of rotatable bonds is 2. The molecule has 1 N–H and O–H groups in total. The third kappa shape index (κ3) is 2.08. The van der Waals surface area contributed by atoms with Crippen LogP contribution >= 0.6 is 15.9 Å². The third-order valence-corrected chi connectivity index (χ3v) is 3.88. The molecule has 5 heteroatoms. The van der Waals surface area contributed by atoms with Gasteiger partial charge in [0.15, 0.2) is 5.82 Å². The van der Waals surface area contributed by atoms with Gasteiger partial charge in [0.25, 0.3) is 0 Å². The van der Waals surface area contributed by atoms with Crippen molar-refractivity contribution in [3.05, 3.63) is 34.6 Å². The lowest BCUT2D eigenvalue weighted by Gasteiger charge is -2.22. The summed E-state index contributed by atoms with van der Waals surface area (Å²) in [7, 11) is 0. The van der Waals surface area contributed by atoms with Gasteiger partial charge in [-0.05, 0) is 18.6 Å². The molecule has 0 bridgehead atoms. The molecule has 18 heavy (non-hydrogen) atoms. The molecule has 0 spiro atoms. The standard InChI is InChI=1S/C13H14BrN3O/c14-11-3-1-2-10(6-11)13-16-15-12-5-4-9(8-18)7-17(12)13/h1-3,6,9,18H,4-5,7-8H2. The Morgan fingerprint density at radius 1 is 1.39 bits per heavy atom. The first-order valence-corrected chi connectivity index (χ1v) is 6.86. The summed E-state index contributed by atoms with van der Waals surface area (Å²) in [6.07, 6.45) is 1.89. The molecule has 4 nitrogen and oxygen atoms in total. The van der Waals surface area contributed by atoms with E-state index in [1.807, 2.05) is 24.3 Å². The molecule has 0 fully saturated rings. The molecular formula is C13H14BrN3O. The van der Waals surface area contributed by atoms with Crippen molar-refractivity contribution in [2.45, 2.75) is 19.4 Å². The molecule has 0 saturated carbocycles. The minimum absolute atomic E-state index is 0.232. The van der Waals surface area contributed by atoms with E-state index in [1.165, 1.54) is 0 Å². The highest BCUT2D eigenvalue weighted by atomic mass is 79.9. The van der Waals surface area contributed by atoms with Gasteiger partial charge < -0.3 is 9.67 Å². The van der Waals surface area contributed by atoms with Crippen LogP contribution in [0.2, 0.25) is 0 Å². The lowest BCUT2D eigenvalue weighted by atomic mass is 10.00. The summed E-state index contributed by atoms with van der Waals surface area (Å²) >= 11 is 3.47. The zero-order valence-electron chi connectivity index (χ0n) is 9.88. The summed E-state index contributed by atoms with van der Waals surface area (Å²) in [6, 6.07) is 8.06. The number of aromatic nitrogens is 3. The second-order valence-corrected chi connectivity index (χ2v) is 5.56. The highest BCUT2D eigenvalue weighted by molar-refractivity contribution is 9.10. The van der Waals surface area contributed by atoms with Crippen molar-refractivity contribution in [1.82, 2.24) is 14.8 Å².